The van der Waals surface area contributed by atoms with Gasteiger partial charge >= 0.3 is 0 Å². The highest BCUT2D eigenvalue weighted by atomic mass is 32.2. The summed E-state index contributed by atoms with van der Waals surface area (Å²) < 4.78 is 44.6. The number of hydrazone groups is 1. The summed E-state index contributed by atoms with van der Waals surface area (Å²) in [5, 5.41) is 4.00. The zero-order chi connectivity index (χ0) is 27.1. The molecule has 1 saturated heterocycles. The molecule has 0 aliphatic carbocycles. The van der Waals surface area contributed by atoms with E-state index in [1.165, 1.54) is 38.6 Å². The fourth-order valence-electron chi connectivity index (χ4n) is 3.58. The van der Waals surface area contributed by atoms with Crippen molar-refractivity contribution in [3.8, 4) is 17.2 Å². The van der Waals surface area contributed by atoms with Gasteiger partial charge in [-0.25, -0.2) is 13.8 Å². The van der Waals surface area contributed by atoms with E-state index in [1.54, 1.807) is 24.3 Å². The Hall–Kier alpha value is -3.70. The van der Waals surface area contributed by atoms with Crippen molar-refractivity contribution < 1.29 is 27.4 Å². The molecule has 1 aliphatic heterocycles. The van der Waals surface area contributed by atoms with Gasteiger partial charge in [0, 0.05) is 17.6 Å². The monoisotopic (exact) mass is 555 g/mol. The Morgan fingerprint density at radius 2 is 1.71 bits per heavy atom. The lowest BCUT2D eigenvalue weighted by Crippen LogP contribution is -2.39. The predicted octanol–water partition coefficient (Wildman–Crippen LogP) is 3.85. The van der Waals surface area contributed by atoms with E-state index in [0.29, 0.717) is 11.4 Å². The van der Waals surface area contributed by atoms with Gasteiger partial charge in [-0.3, -0.25) is 9.10 Å². The fourth-order valence-corrected chi connectivity index (χ4v) is 5.58. The number of hydrogen-bond acceptors (Lipinski definition) is 8. The van der Waals surface area contributed by atoms with Crippen LogP contribution < -0.4 is 23.9 Å². The number of benzene rings is 3. The largest absolute Gasteiger partial charge is 0.493 e. The first-order valence-corrected chi connectivity index (χ1v) is 14.4. The van der Waals surface area contributed by atoms with Crippen molar-refractivity contribution in [1.29, 1.82) is 0 Å². The highest BCUT2D eigenvalue weighted by molar-refractivity contribution is 8.00. The smallest absolute Gasteiger partial charge is 0.264 e. The summed E-state index contributed by atoms with van der Waals surface area (Å²) >= 11 is 1.85. The number of ether oxygens (including phenoxy) is 3. The number of methoxy groups -OCH3 is 2. The summed E-state index contributed by atoms with van der Waals surface area (Å²) in [6.07, 6.45) is 1.74. The molecule has 0 spiro atoms. The van der Waals surface area contributed by atoms with Crippen molar-refractivity contribution in [2.45, 2.75) is 17.9 Å². The molecule has 4 rings (SSSR count). The van der Waals surface area contributed by atoms with Crippen LogP contribution >= 0.6 is 11.8 Å². The second-order valence-electron chi connectivity index (χ2n) is 8.50. The summed E-state index contributed by atoms with van der Waals surface area (Å²) in [7, 11) is -1.25. The number of hydrogen-bond donors (Lipinski definition) is 1. The lowest BCUT2D eigenvalue weighted by Gasteiger charge is -2.25. The zero-order valence-corrected chi connectivity index (χ0v) is 22.9. The number of carbonyl (C=O) groups excluding carboxylic acids is 1. The van der Waals surface area contributed by atoms with Gasteiger partial charge in [-0.1, -0.05) is 17.7 Å². The van der Waals surface area contributed by atoms with Crippen molar-refractivity contribution in [3.05, 3.63) is 77.9 Å². The third kappa shape index (κ3) is 6.59. The lowest BCUT2D eigenvalue weighted by molar-refractivity contribution is -0.119. The Kier molecular flexibility index (Phi) is 8.80. The van der Waals surface area contributed by atoms with E-state index in [4.69, 9.17) is 14.2 Å². The standard InChI is InChI=1S/C27H29N3O6S2/c1-19-4-8-21(9-5-19)30(38(32,33)24-12-13-25(34-2)26(14-24)35-3)16-27(31)29-28-15-20-6-10-22(11-7-20)36-23-17-37-18-23/h4-15,23H,16-18H2,1-3H3,(H,29,31)/b28-15-. The van der Waals surface area contributed by atoms with Crippen molar-refractivity contribution in [1.82, 2.24) is 5.43 Å². The topological polar surface area (TPSA) is 107 Å². The second kappa shape index (κ2) is 12.2. The maximum Gasteiger partial charge on any atom is 0.264 e. The molecule has 0 bridgehead atoms. The van der Waals surface area contributed by atoms with Gasteiger partial charge in [0.1, 0.15) is 18.4 Å². The molecule has 1 fully saturated rings. The molecule has 3 aromatic carbocycles. The molecule has 3 aromatic rings. The highest BCUT2D eigenvalue weighted by Crippen LogP contribution is 2.32. The summed E-state index contributed by atoms with van der Waals surface area (Å²) in [4.78, 5) is 12.8. The average molecular weight is 556 g/mol. The van der Waals surface area contributed by atoms with Crippen LogP contribution in [-0.4, -0.2) is 58.9 Å². The molecule has 1 amide bonds. The molecular weight excluding hydrogens is 526 g/mol. The van der Waals surface area contributed by atoms with Gasteiger partial charge in [-0.05, 0) is 61.0 Å². The summed E-state index contributed by atoms with van der Waals surface area (Å²) in [5.74, 6) is 2.82. The number of anilines is 1. The highest BCUT2D eigenvalue weighted by Gasteiger charge is 2.28. The number of nitrogens with zero attached hydrogens (tertiary/aromatic N) is 2. The summed E-state index contributed by atoms with van der Waals surface area (Å²) in [6.45, 7) is 1.41. The first-order chi connectivity index (χ1) is 18.3. The van der Waals surface area contributed by atoms with Crippen molar-refractivity contribution in [3.63, 3.8) is 0 Å². The SMILES string of the molecule is COc1ccc(S(=O)(=O)N(CC(=O)N/N=C\c2ccc(OC3CSC3)cc2)c2ccc(C)cc2)cc1OC. The van der Waals surface area contributed by atoms with E-state index in [2.05, 4.69) is 10.5 Å². The molecule has 11 heteroatoms. The molecule has 1 aliphatic rings. The molecule has 9 nitrogen and oxygen atoms in total. The van der Waals surface area contributed by atoms with Gasteiger partial charge < -0.3 is 14.2 Å². The third-order valence-corrected chi connectivity index (χ3v) is 8.73. The molecule has 200 valence electrons. The first-order valence-electron chi connectivity index (χ1n) is 11.8. The number of aryl methyl sites for hydroxylation is 1. The van der Waals surface area contributed by atoms with E-state index < -0.39 is 22.5 Å². The maximum absolute atomic E-state index is 13.6. The fraction of sp³-hybridized carbons (Fsp3) is 0.259. The lowest BCUT2D eigenvalue weighted by atomic mass is 10.2. The molecule has 38 heavy (non-hydrogen) atoms. The second-order valence-corrected chi connectivity index (χ2v) is 11.4. The summed E-state index contributed by atoms with van der Waals surface area (Å²) in [6, 6.07) is 18.5. The average Bonchev–Trinajstić information content (AvgIpc) is 2.90. The van der Waals surface area contributed by atoms with E-state index in [9.17, 15) is 13.2 Å². The minimum Gasteiger partial charge on any atom is -0.493 e. The van der Waals surface area contributed by atoms with Crippen LogP contribution in [0.25, 0.3) is 0 Å². The van der Waals surface area contributed by atoms with Gasteiger partial charge in [0.2, 0.25) is 0 Å². The minimum atomic E-state index is -4.14. The first kappa shape index (κ1) is 27.3. The zero-order valence-electron chi connectivity index (χ0n) is 21.3. The van der Waals surface area contributed by atoms with Crippen LogP contribution in [0.1, 0.15) is 11.1 Å². The van der Waals surface area contributed by atoms with Crippen molar-refractivity contribution in [2.75, 3.05) is 36.6 Å². The van der Waals surface area contributed by atoms with Crippen LogP contribution in [0.2, 0.25) is 0 Å². The molecule has 0 saturated carbocycles. The van der Waals surface area contributed by atoms with Crippen LogP contribution in [0.5, 0.6) is 17.2 Å². The Balaban J connectivity index is 1.49. The van der Waals surface area contributed by atoms with Gasteiger partial charge in [0.25, 0.3) is 15.9 Å². The summed E-state index contributed by atoms with van der Waals surface area (Å²) in [5.41, 5.74) is 4.47. The van der Waals surface area contributed by atoms with Crippen LogP contribution in [0.15, 0.2) is 76.7 Å². The van der Waals surface area contributed by atoms with Crippen molar-refractivity contribution >= 4 is 39.6 Å². The van der Waals surface area contributed by atoms with Crippen LogP contribution in [0.4, 0.5) is 5.69 Å². The number of rotatable bonds is 11. The Morgan fingerprint density at radius 1 is 1.03 bits per heavy atom. The van der Waals surface area contributed by atoms with Gasteiger partial charge in [0.15, 0.2) is 11.5 Å². The number of sulfonamides is 1. The normalized spacial score (nSPS) is 13.6. The molecule has 0 aromatic heterocycles. The van der Waals surface area contributed by atoms with Crippen LogP contribution in [0, 0.1) is 6.92 Å². The molecule has 0 unspecified atom stereocenters. The van der Waals surface area contributed by atoms with E-state index in [-0.39, 0.29) is 16.7 Å². The quantitative estimate of drug-likeness (QED) is 0.283. The Bertz CT molecular complexity index is 1390. The van der Waals surface area contributed by atoms with Crippen molar-refractivity contribution in [2.24, 2.45) is 5.10 Å². The van der Waals surface area contributed by atoms with E-state index in [0.717, 1.165) is 32.7 Å². The molecule has 0 radical (unpaired) electrons. The van der Waals surface area contributed by atoms with Gasteiger partial charge in [-0.2, -0.15) is 16.9 Å². The number of nitrogens with one attached hydrogen (secondary N) is 1. The van der Waals surface area contributed by atoms with Crippen LogP contribution in [-0.2, 0) is 14.8 Å². The van der Waals surface area contributed by atoms with Crippen LogP contribution in [0.3, 0.4) is 0 Å². The molecule has 0 atom stereocenters. The predicted molar refractivity (Wildman–Crippen MR) is 149 cm³/mol. The number of carbonyl (C=O) groups is 1. The van der Waals surface area contributed by atoms with Gasteiger partial charge in [-0.15, -0.1) is 0 Å². The Labute approximate surface area is 226 Å². The number of thioether (sulfide) groups is 1. The number of amides is 1. The van der Waals surface area contributed by atoms with Gasteiger partial charge in [0.05, 0.1) is 31.0 Å². The minimum absolute atomic E-state index is 0.0465. The maximum atomic E-state index is 13.6. The molecular formula is C27H29N3O6S2. The van der Waals surface area contributed by atoms with E-state index in [1.807, 2.05) is 43.0 Å². The molecule has 1 heterocycles. The third-order valence-electron chi connectivity index (χ3n) is 5.75. The Morgan fingerprint density at radius 3 is 2.32 bits per heavy atom. The molecule has 1 N–H and O–H groups in total. The van der Waals surface area contributed by atoms with E-state index >= 15 is 0 Å².